The van der Waals surface area contributed by atoms with Crippen LogP contribution in [0.2, 0.25) is 0 Å². The molecular weight excluding hydrogens is 240 g/mol. The van der Waals surface area contributed by atoms with Crippen molar-refractivity contribution in [2.24, 2.45) is 0 Å². The van der Waals surface area contributed by atoms with Gasteiger partial charge in [0.25, 0.3) is 0 Å². The van der Waals surface area contributed by atoms with Gasteiger partial charge in [-0.3, -0.25) is 0 Å². The first-order chi connectivity index (χ1) is 9.27. The van der Waals surface area contributed by atoms with Crippen molar-refractivity contribution in [3.8, 4) is 0 Å². The Kier molecular flexibility index (Phi) is 4.96. The molecule has 19 heavy (non-hydrogen) atoms. The second-order valence-electron chi connectivity index (χ2n) is 4.98. The predicted molar refractivity (Wildman–Crippen MR) is 77.8 cm³/mol. The fourth-order valence-corrected chi connectivity index (χ4v) is 2.65. The molecule has 0 bridgehead atoms. The van der Waals surface area contributed by atoms with Crippen LogP contribution in [0.15, 0.2) is 6.33 Å². The van der Waals surface area contributed by atoms with E-state index >= 15 is 0 Å². The minimum Gasteiger partial charge on any atom is -0.381 e. The molecule has 0 radical (unpaired) electrons. The summed E-state index contributed by atoms with van der Waals surface area (Å²) in [5, 5.41) is 3.18. The zero-order valence-electron chi connectivity index (χ0n) is 12.1. The minimum atomic E-state index is 0.518. The highest BCUT2D eigenvalue weighted by molar-refractivity contribution is 5.58. The summed E-state index contributed by atoms with van der Waals surface area (Å²) in [6, 6.07) is 0.518. The SMILES string of the molecule is CCCc1c(NC)ncnc1N(C)C1CCOCC1. The highest BCUT2D eigenvalue weighted by atomic mass is 16.5. The van der Waals surface area contributed by atoms with Crippen LogP contribution in [0, 0.1) is 0 Å². The molecule has 1 aliphatic heterocycles. The topological polar surface area (TPSA) is 50.3 Å². The molecule has 1 aromatic heterocycles. The van der Waals surface area contributed by atoms with Crippen molar-refractivity contribution in [2.75, 3.05) is 37.5 Å². The summed E-state index contributed by atoms with van der Waals surface area (Å²) in [6.07, 6.45) is 5.88. The van der Waals surface area contributed by atoms with Crippen molar-refractivity contribution < 1.29 is 4.74 Å². The van der Waals surface area contributed by atoms with Crippen LogP contribution in [-0.2, 0) is 11.2 Å². The largest absolute Gasteiger partial charge is 0.381 e. The number of nitrogens with one attached hydrogen (secondary N) is 1. The second kappa shape index (κ2) is 6.70. The molecule has 1 N–H and O–H groups in total. The Balaban J connectivity index is 2.26. The number of rotatable bonds is 5. The Bertz CT molecular complexity index is 404. The number of anilines is 2. The average molecular weight is 264 g/mol. The third-order valence-corrected chi connectivity index (χ3v) is 3.73. The van der Waals surface area contributed by atoms with E-state index in [1.54, 1.807) is 6.33 Å². The van der Waals surface area contributed by atoms with Crippen LogP contribution in [0.1, 0.15) is 31.7 Å². The third kappa shape index (κ3) is 3.15. The van der Waals surface area contributed by atoms with E-state index < -0.39 is 0 Å². The van der Waals surface area contributed by atoms with Gasteiger partial charge in [-0.15, -0.1) is 0 Å². The lowest BCUT2D eigenvalue weighted by molar-refractivity contribution is 0.0853. The standard InChI is InChI=1S/C14H24N4O/c1-4-5-12-13(15-2)16-10-17-14(12)18(3)11-6-8-19-9-7-11/h10-11H,4-9H2,1-3H3,(H,15,16,17). The van der Waals surface area contributed by atoms with E-state index in [0.717, 1.165) is 50.5 Å². The van der Waals surface area contributed by atoms with E-state index in [-0.39, 0.29) is 0 Å². The van der Waals surface area contributed by atoms with Gasteiger partial charge in [0.2, 0.25) is 0 Å². The fourth-order valence-electron chi connectivity index (χ4n) is 2.65. The van der Waals surface area contributed by atoms with Crippen molar-refractivity contribution >= 4 is 11.6 Å². The van der Waals surface area contributed by atoms with Gasteiger partial charge in [0, 0.05) is 38.9 Å². The molecule has 2 rings (SSSR count). The van der Waals surface area contributed by atoms with Gasteiger partial charge in [-0.2, -0.15) is 0 Å². The molecule has 0 unspecified atom stereocenters. The Morgan fingerprint density at radius 3 is 2.74 bits per heavy atom. The molecule has 0 aromatic carbocycles. The summed E-state index contributed by atoms with van der Waals surface area (Å²) in [4.78, 5) is 11.1. The van der Waals surface area contributed by atoms with Gasteiger partial charge in [0.1, 0.15) is 18.0 Å². The Morgan fingerprint density at radius 2 is 2.11 bits per heavy atom. The smallest absolute Gasteiger partial charge is 0.137 e. The van der Waals surface area contributed by atoms with Gasteiger partial charge in [0.05, 0.1) is 0 Å². The first-order valence-electron chi connectivity index (χ1n) is 7.10. The van der Waals surface area contributed by atoms with Crippen molar-refractivity contribution in [2.45, 2.75) is 38.6 Å². The molecule has 1 aromatic rings. The van der Waals surface area contributed by atoms with Crippen LogP contribution in [0.25, 0.3) is 0 Å². The highest BCUT2D eigenvalue weighted by Crippen LogP contribution is 2.27. The summed E-state index contributed by atoms with van der Waals surface area (Å²) >= 11 is 0. The Labute approximate surface area is 115 Å². The number of nitrogens with zero attached hydrogens (tertiary/aromatic N) is 3. The van der Waals surface area contributed by atoms with Gasteiger partial charge >= 0.3 is 0 Å². The summed E-state index contributed by atoms with van der Waals surface area (Å²) in [5.41, 5.74) is 1.22. The van der Waals surface area contributed by atoms with Gasteiger partial charge in [0.15, 0.2) is 0 Å². The number of hydrogen-bond acceptors (Lipinski definition) is 5. The maximum Gasteiger partial charge on any atom is 0.137 e. The Hall–Kier alpha value is -1.36. The summed E-state index contributed by atoms with van der Waals surface area (Å²) in [6.45, 7) is 3.88. The monoisotopic (exact) mass is 264 g/mol. The van der Waals surface area contributed by atoms with E-state index in [0.29, 0.717) is 6.04 Å². The number of aromatic nitrogens is 2. The van der Waals surface area contributed by atoms with Crippen molar-refractivity contribution in [1.29, 1.82) is 0 Å². The number of ether oxygens (including phenoxy) is 1. The van der Waals surface area contributed by atoms with Crippen LogP contribution in [0.5, 0.6) is 0 Å². The molecule has 0 saturated carbocycles. The molecule has 0 atom stereocenters. The van der Waals surface area contributed by atoms with E-state index in [2.05, 4.69) is 34.2 Å². The van der Waals surface area contributed by atoms with Crippen LogP contribution >= 0.6 is 0 Å². The van der Waals surface area contributed by atoms with Gasteiger partial charge in [-0.25, -0.2) is 9.97 Å². The van der Waals surface area contributed by atoms with E-state index in [1.165, 1.54) is 5.56 Å². The molecule has 0 spiro atoms. The molecule has 1 saturated heterocycles. The van der Waals surface area contributed by atoms with Crippen LogP contribution < -0.4 is 10.2 Å². The normalized spacial score (nSPS) is 16.4. The molecule has 5 nitrogen and oxygen atoms in total. The van der Waals surface area contributed by atoms with Crippen LogP contribution in [0.4, 0.5) is 11.6 Å². The lowest BCUT2D eigenvalue weighted by atomic mass is 10.1. The number of hydrogen-bond donors (Lipinski definition) is 1. The minimum absolute atomic E-state index is 0.518. The van der Waals surface area contributed by atoms with Gasteiger partial charge in [-0.05, 0) is 19.3 Å². The second-order valence-corrected chi connectivity index (χ2v) is 4.98. The first-order valence-corrected chi connectivity index (χ1v) is 7.10. The maximum absolute atomic E-state index is 5.44. The average Bonchev–Trinajstić information content (AvgIpc) is 2.48. The van der Waals surface area contributed by atoms with E-state index in [9.17, 15) is 0 Å². The zero-order valence-corrected chi connectivity index (χ0v) is 12.1. The zero-order chi connectivity index (χ0) is 13.7. The summed E-state index contributed by atoms with van der Waals surface area (Å²) in [7, 11) is 4.05. The fraction of sp³-hybridized carbons (Fsp3) is 0.714. The molecule has 0 aliphatic carbocycles. The van der Waals surface area contributed by atoms with E-state index in [4.69, 9.17) is 4.74 Å². The predicted octanol–water partition coefficient (Wildman–Crippen LogP) is 2.09. The quantitative estimate of drug-likeness (QED) is 0.882. The maximum atomic E-state index is 5.44. The van der Waals surface area contributed by atoms with Gasteiger partial charge < -0.3 is 15.0 Å². The summed E-state index contributed by atoms with van der Waals surface area (Å²) < 4.78 is 5.44. The molecule has 0 amide bonds. The highest BCUT2D eigenvalue weighted by Gasteiger charge is 2.22. The first kappa shape index (κ1) is 14.1. The molecule has 1 aliphatic rings. The van der Waals surface area contributed by atoms with Crippen molar-refractivity contribution in [1.82, 2.24) is 9.97 Å². The molecule has 2 heterocycles. The molecular formula is C14H24N4O. The van der Waals surface area contributed by atoms with Crippen LogP contribution in [-0.4, -0.2) is 43.3 Å². The third-order valence-electron chi connectivity index (χ3n) is 3.73. The van der Waals surface area contributed by atoms with Crippen LogP contribution in [0.3, 0.4) is 0 Å². The summed E-state index contributed by atoms with van der Waals surface area (Å²) in [5.74, 6) is 2.01. The Morgan fingerprint density at radius 1 is 1.37 bits per heavy atom. The van der Waals surface area contributed by atoms with Crippen molar-refractivity contribution in [3.05, 3.63) is 11.9 Å². The molecule has 5 heteroatoms. The van der Waals surface area contributed by atoms with Crippen molar-refractivity contribution in [3.63, 3.8) is 0 Å². The lowest BCUT2D eigenvalue weighted by Crippen LogP contribution is -2.37. The molecule has 1 fully saturated rings. The van der Waals surface area contributed by atoms with Gasteiger partial charge in [-0.1, -0.05) is 13.3 Å². The lowest BCUT2D eigenvalue weighted by Gasteiger charge is -2.33. The van der Waals surface area contributed by atoms with E-state index in [1.807, 2.05) is 7.05 Å². The molecule has 106 valence electrons.